The van der Waals surface area contributed by atoms with E-state index in [1.54, 1.807) is 6.92 Å². The molecular weight excluding hydrogens is 176 g/mol. The van der Waals surface area contributed by atoms with Crippen LogP contribution in [0.4, 0.5) is 0 Å². The molecule has 1 aromatic carbocycles. The quantitative estimate of drug-likeness (QED) is 0.641. The zero-order chi connectivity index (χ0) is 10.2. The summed E-state index contributed by atoms with van der Waals surface area (Å²) in [5, 5.41) is 13.4. The van der Waals surface area contributed by atoms with E-state index in [1.165, 1.54) is 11.1 Å². The van der Waals surface area contributed by atoms with Crippen LogP contribution in [0.25, 0.3) is 0 Å². The van der Waals surface area contributed by atoms with Crippen molar-refractivity contribution in [2.45, 2.75) is 25.1 Å². The Morgan fingerprint density at radius 2 is 2.29 bits per heavy atom. The fraction of sp³-hybridized carbons (Fsp3) is 0.455. The SMILES string of the molecule is CC(O)(CN)C1NCc2ccccc21. The molecular formula is C11H16N2O. The van der Waals surface area contributed by atoms with Gasteiger partial charge in [-0.1, -0.05) is 24.3 Å². The van der Waals surface area contributed by atoms with Gasteiger partial charge in [-0.15, -0.1) is 0 Å². The van der Waals surface area contributed by atoms with Gasteiger partial charge in [0.2, 0.25) is 0 Å². The molecule has 0 fully saturated rings. The molecule has 2 unspecified atom stereocenters. The lowest BCUT2D eigenvalue weighted by Crippen LogP contribution is -2.44. The van der Waals surface area contributed by atoms with E-state index in [0.717, 1.165) is 6.54 Å². The van der Waals surface area contributed by atoms with E-state index in [0.29, 0.717) is 0 Å². The highest BCUT2D eigenvalue weighted by Gasteiger charge is 2.35. The molecule has 1 aliphatic rings. The van der Waals surface area contributed by atoms with E-state index in [-0.39, 0.29) is 12.6 Å². The Morgan fingerprint density at radius 3 is 3.00 bits per heavy atom. The topological polar surface area (TPSA) is 58.3 Å². The summed E-state index contributed by atoms with van der Waals surface area (Å²) in [6, 6.07) is 8.09. The second kappa shape index (κ2) is 3.35. The Bertz CT molecular complexity index is 336. The van der Waals surface area contributed by atoms with Gasteiger partial charge in [-0.2, -0.15) is 0 Å². The van der Waals surface area contributed by atoms with Crippen LogP contribution in [-0.2, 0) is 6.54 Å². The van der Waals surface area contributed by atoms with Crippen molar-refractivity contribution < 1.29 is 5.11 Å². The van der Waals surface area contributed by atoms with Crippen molar-refractivity contribution >= 4 is 0 Å². The molecule has 4 N–H and O–H groups in total. The van der Waals surface area contributed by atoms with E-state index in [1.807, 2.05) is 18.2 Å². The molecule has 2 atom stereocenters. The molecule has 0 spiro atoms. The number of benzene rings is 1. The minimum Gasteiger partial charge on any atom is -0.387 e. The highest BCUT2D eigenvalue weighted by molar-refractivity contribution is 5.35. The molecule has 0 aliphatic carbocycles. The maximum absolute atomic E-state index is 10.1. The van der Waals surface area contributed by atoms with Crippen LogP contribution in [0.2, 0.25) is 0 Å². The van der Waals surface area contributed by atoms with Gasteiger partial charge >= 0.3 is 0 Å². The standard InChI is InChI=1S/C11H16N2O/c1-11(14,7-12)10-9-5-3-2-4-8(9)6-13-10/h2-5,10,13-14H,6-7,12H2,1H3. The lowest BCUT2D eigenvalue weighted by atomic mass is 9.91. The average Bonchev–Trinajstić information content (AvgIpc) is 2.61. The van der Waals surface area contributed by atoms with E-state index in [9.17, 15) is 5.11 Å². The normalized spacial score (nSPS) is 24.4. The first-order valence-corrected chi connectivity index (χ1v) is 4.89. The van der Waals surface area contributed by atoms with Crippen LogP contribution < -0.4 is 11.1 Å². The second-order valence-electron chi connectivity index (χ2n) is 4.07. The van der Waals surface area contributed by atoms with Crippen LogP contribution in [0.1, 0.15) is 24.1 Å². The molecule has 14 heavy (non-hydrogen) atoms. The Balaban J connectivity index is 2.35. The number of nitrogens with one attached hydrogen (secondary N) is 1. The molecule has 3 nitrogen and oxygen atoms in total. The summed E-state index contributed by atoms with van der Waals surface area (Å²) < 4.78 is 0. The Morgan fingerprint density at radius 1 is 1.57 bits per heavy atom. The molecule has 2 rings (SSSR count). The van der Waals surface area contributed by atoms with Crippen molar-refractivity contribution in [3.05, 3.63) is 35.4 Å². The predicted octanol–water partition coefficient (Wildman–Crippen LogP) is 0.541. The Labute approximate surface area is 83.9 Å². The third-order valence-corrected chi connectivity index (χ3v) is 2.90. The van der Waals surface area contributed by atoms with Crippen LogP contribution in [0, 0.1) is 0 Å². The number of nitrogens with two attached hydrogens (primary N) is 1. The van der Waals surface area contributed by atoms with Crippen LogP contribution in [0.3, 0.4) is 0 Å². The second-order valence-corrected chi connectivity index (χ2v) is 4.07. The number of rotatable bonds is 2. The van der Waals surface area contributed by atoms with Crippen LogP contribution in [0.15, 0.2) is 24.3 Å². The number of aliphatic hydroxyl groups is 1. The number of fused-ring (bicyclic) bond motifs is 1. The summed E-state index contributed by atoms with van der Waals surface area (Å²) in [6.45, 7) is 2.85. The predicted molar refractivity (Wildman–Crippen MR) is 55.7 cm³/mol. The number of hydrogen-bond acceptors (Lipinski definition) is 3. The third-order valence-electron chi connectivity index (χ3n) is 2.90. The van der Waals surface area contributed by atoms with E-state index >= 15 is 0 Å². The molecule has 76 valence electrons. The maximum Gasteiger partial charge on any atom is 0.0935 e. The fourth-order valence-corrected chi connectivity index (χ4v) is 1.97. The molecule has 1 heterocycles. The first-order valence-electron chi connectivity index (χ1n) is 4.89. The van der Waals surface area contributed by atoms with Gasteiger partial charge in [-0.3, -0.25) is 0 Å². The van der Waals surface area contributed by atoms with Gasteiger partial charge in [-0.25, -0.2) is 0 Å². The largest absolute Gasteiger partial charge is 0.387 e. The Kier molecular flexibility index (Phi) is 2.31. The molecule has 0 saturated carbocycles. The lowest BCUT2D eigenvalue weighted by molar-refractivity contribution is 0.0307. The van der Waals surface area contributed by atoms with Gasteiger partial charge in [0.25, 0.3) is 0 Å². The molecule has 3 heteroatoms. The summed E-state index contributed by atoms with van der Waals surface area (Å²) in [6.07, 6.45) is 0. The van der Waals surface area contributed by atoms with Crippen molar-refractivity contribution in [2.24, 2.45) is 5.73 Å². The van der Waals surface area contributed by atoms with Gasteiger partial charge in [0.1, 0.15) is 0 Å². The molecule has 0 bridgehead atoms. The monoisotopic (exact) mass is 192 g/mol. The van der Waals surface area contributed by atoms with Gasteiger partial charge in [0.15, 0.2) is 0 Å². The highest BCUT2D eigenvalue weighted by Crippen LogP contribution is 2.32. The molecule has 0 radical (unpaired) electrons. The van der Waals surface area contributed by atoms with E-state index < -0.39 is 5.60 Å². The third kappa shape index (κ3) is 1.43. The summed E-state index contributed by atoms with van der Waals surface area (Å²) in [5.74, 6) is 0. The van der Waals surface area contributed by atoms with Crippen molar-refractivity contribution in [3.8, 4) is 0 Å². The van der Waals surface area contributed by atoms with Gasteiger partial charge in [-0.05, 0) is 18.1 Å². The van der Waals surface area contributed by atoms with Gasteiger partial charge in [0.05, 0.1) is 11.6 Å². The minimum absolute atomic E-state index is 0.0382. The van der Waals surface area contributed by atoms with E-state index in [2.05, 4.69) is 11.4 Å². The van der Waals surface area contributed by atoms with Crippen molar-refractivity contribution in [1.82, 2.24) is 5.32 Å². The smallest absolute Gasteiger partial charge is 0.0935 e. The summed E-state index contributed by atoms with van der Waals surface area (Å²) >= 11 is 0. The molecule has 1 aromatic rings. The van der Waals surface area contributed by atoms with Crippen molar-refractivity contribution in [2.75, 3.05) is 6.54 Å². The average molecular weight is 192 g/mol. The van der Waals surface area contributed by atoms with Gasteiger partial charge < -0.3 is 16.2 Å². The summed E-state index contributed by atoms with van der Waals surface area (Å²) in [7, 11) is 0. The Hall–Kier alpha value is -0.900. The van der Waals surface area contributed by atoms with Crippen LogP contribution in [-0.4, -0.2) is 17.3 Å². The maximum atomic E-state index is 10.1. The van der Waals surface area contributed by atoms with Crippen molar-refractivity contribution in [3.63, 3.8) is 0 Å². The van der Waals surface area contributed by atoms with Crippen LogP contribution >= 0.6 is 0 Å². The fourth-order valence-electron chi connectivity index (χ4n) is 1.97. The summed E-state index contributed by atoms with van der Waals surface area (Å²) in [4.78, 5) is 0. The molecule has 0 aromatic heterocycles. The van der Waals surface area contributed by atoms with Crippen molar-refractivity contribution in [1.29, 1.82) is 0 Å². The van der Waals surface area contributed by atoms with Crippen LogP contribution in [0.5, 0.6) is 0 Å². The minimum atomic E-state index is -0.868. The summed E-state index contributed by atoms with van der Waals surface area (Å²) in [5.41, 5.74) is 7.11. The van der Waals surface area contributed by atoms with E-state index in [4.69, 9.17) is 5.73 Å². The number of hydrogen-bond donors (Lipinski definition) is 3. The zero-order valence-corrected chi connectivity index (χ0v) is 8.33. The molecule has 0 saturated heterocycles. The lowest BCUT2D eigenvalue weighted by Gasteiger charge is -2.29. The first kappa shape index (κ1) is 9.65. The molecule has 0 amide bonds. The highest BCUT2D eigenvalue weighted by atomic mass is 16.3. The molecule has 1 aliphatic heterocycles. The first-order chi connectivity index (χ1) is 6.65. The zero-order valence-electron chi connectivity index (χ0n) is 8.33. The van der Waals surface area contributed by atoms with Gasteiger partial charge in [0, 0.05) is 13.1 Å².